The molecule has 0 aliphatic carbocycles. The van der Waals surface area contributed by atoms with Gasteiger partial charge in [-0.15, -0.1) is 0 Å². The molecule has 39 heavy (non-hydrogen) atoms. The molecule has 0 spiro atoms. The van der Waals surface area contributed by atoms with Gasteiger partial charge in [-0.2, -0.15) is 0 Å². The highest BCUT2D eigenvalue weighted by Gasteiger charge is 2.29. The second-order valence-corrected chi connectivity index (χ2v) is 11.0. The van der Waals surface area contributed by atoms with Crippen molar-refractivity contribution < 1.29 is 22.2 Å². The van der Waals surface area contributed by atoms with Crippen molar-refractivity contribution in [1.82, 2.24) is 15.0 Å². The van der Waals surface area contributed by atoms with Gasteiger partial charge in [-0.25, -0.2) is 18.1 Å². The van der Waals surface area contributed by atoms with E-state index >= 15 is 0 Å². The normalized spacial score (nSPS) is 13.1. The fourth-order valence-electron chi connectivity index (χ4n) is 4.75. The summed E-state index contributed by atoms with van der Waals surface area (Å²) in [5.74, 6) is 0.427. The summed E-state index contributed by atoms with van der Waals surface area (Å²) in [5.41, 5.74) is 5.46. The van der Waals surface area contributed by atoms with Gasteiger partial charge in [0.1, 0.15) is 6.26 Å². The van der Waals surface area contributed by atoms with Crippen LogP contribution in [0.3, 0.4) is 0 Å². The maximum Gasteiger partial charge on any atom is 0.264 e. The number of hydrogen-bond acceptors (Lipinski definition) is 7. The molecule has 10 heteroatoms. The van der Waals surface area contributed by atoms with Crippen LogP contribution in [-0.2, 0) is 23.1 Å². The van der Waals surface area contributed by atoms with E-state index < -0.39 is 10.0 Å². The first kappa shape index (κ1) is 24.6. The number of sulfonamides is 1. The molecule has 5 aromatic rings. The predicted molar refractivity (Wildman–Crippen MR) is 144 cm³/mol. The topological polar surface area (TPSA) is 119 Å². The Bertz CT molecular complexity index is 1810. The van der Waals surface area contributed by atoms with E-state index in [4.69, 9.17) is 8.94 Å². The van der Waals surface area contributed by atoms with Crippen LogP contribution in [0.25, 0.3) is 22.6 Å². The van der Waals surface area contributed by atoms with Gasteiger partial charge in [-0.1, -0.05) is 47.6 Å². The van der Waals surface area contributed by atoms with Gasteiger partial charge in [0.2, 0.25) is 11.8 Å². The van der Waals surface area contributed by atoms with Crippen LogP contribution in [0, 0.1) is 13.8 Å². The number of amides is 1. The zero-order valence-electron chi connectivity index (χ0n) is 21.2. The number of fused-ring (bicyclic) bond motifs is 1. The lowest BCUT2D eigenvalue weighted by Gasteiger charge is -2.20. The number of aromatic nitrogens is 2. The third-order valence-corrected chi connectivity index (χ3v) is 8.28. The van der Waals surface area contributed by atoms with E-state index in [1.165, 1.54) is 6.26 Å². The highest BCUT2D eigenvalue weighted by Crippen LogP contribution is 2.36. The maximum absolute atomic E-state index is 13.6. The third kappa shape index (κ3) is 4.48. The lowest BCUT2D eigenvalue weighted by Crippen LogP contribution is -2.23. The van der Waals surface area contributed by atoms with Crippen LogP contribution in [0.15, 0.2) is 93.0 Å². The average molecular weight is 541 g/mol. The van der Waals surface area contributed by atoms with Crippen molar-refractivity contribution >= 4 is 21.8 Å². The SMILES string of the molecule is Cc1noc(NS(=O)(=O)c2ccccc2-c2ccc(-c3ncco3)cc2CN2Cc3ccccc3C2=O)c1C. The van der Waals surface area contributed by atoms with Crippen molar-refractivity contribution in [3.8, 4) is 22.6 Å². The smallest absolute Gasteiger partial charge is 0.264 e. The molecule has 1 aliphatic heterocycles. The number of carbonyl (C=O) groups excluding carboxylic acids is 1. The molecule has 0 bridgehead atoms. The van der Waals surface area contributed by atoms with Gasteiger partial charge in [-0.05, 0) is 54.8 Å². The van der Waals surface area contributed by atoms with Gasteiger partial charge in [0.15, 0.2) is 0 Å². The van der Waals surface area contributed by atoms with E-state index in [-0.39, 0.29) is 23.2 Å². The van der Waals surface area contributed by atoms with Crippen molar-refractivity contribution in [2.75, 3.05) is 4.72 Å². The van der Waals surface area contributed by atoms with E-state index in [9.17, 15) is 13.2 Å². The molecule has 6 rings (SSSR count). The summed E-state index contributed by atoms with van der Waals surface area (Å²) in [5, 5.41) is 3.85. The molecule has 1 amide bonds. The minimum atomic E-state index is -4.05. The Hall–Kier alpha value is -4.70. The van der Waals surface area contributed by atoms with Crippen molar-refractivity contribution in [2.45, 2.75) is 31.8 Å². The van der Waals surface area contributed by atoms with Gasteiger partial charge in [-0.3, -0.25) is 4.79 Å². The monoisotopic (exact) mass is 540 g/mol. The molecule has 1 N–H and O–H groups in total. The molecule has 0 radical (unpaired) electrons. The molecule has 3 heterocycles. The number of nitrogens with zero attached hydrogens (tertiary/aromatic N) is 3. The molecule has 0 fully saturated rings. The number of nitrogens with one attached hydrogen (secondary N) is 1. The van der Waals surface area contributed by atoms with Gasteiger partial charge in [0.05, 0.1) is 16.8 Å². The number of carbonyl (C=O) groups is 1. The van der Waals surface area contributed by atoms with Crippen molar-refractivity contribution in [1.29, 1.82) is 0 Å². The molecule has 196 valence electrons. The van der Waals surface area contributed by atoms with Crippen LogP contribution in [0.1, 0.15) is 32.7 Å². The first-order valence-electron chi connectivity index (χ1n) is 12.3. The molecule has 1 aliphatic rings. The molecule has 9 nitrogen and oxygen atoms in total. The Morgan fingerprint density at radius 2 is 1.74 bits per heavy atom. The lowest BCUT2D eigenvalue weighted by atomic mass is 9.97. The standard InChI is InChI=1S/C29H24N4O5S/c1-18-19(2)31-38-27(18)32-39(35,36)26-10-6-5-9-25(26)23-12-11-20(28-30-13-14-37-28)15-22(23)17-33-16-21-7-3-4-8-24(21)29(33)34/h3-15,32H,16-17H2,1-2H3. The number of hydrogen-bond donors (Lipinski definition) is 1. The minimum Gasteiger partial charge on any atom is -0.445 e. The first-order valence-corrected chi connectivity index (χ1v) is 13.8. The number of anilines is 1. The number of aryl methyl sites for hydroxylation is 1. The second kappa shape index (κ2) is 9.55. The van der Waals surface area contributed by atoms with E-state index in [2.05, 4.69) is 14.9 Å². The Morgan fingerprint density at radius 1 is 0.974 bits per heavy atom. The first-order chi connectivity index (χ1) is 18.8. The lowest BCUT2D eigenvalue weighted by molar-refractivity contribution is 0.0767. The van der Waals surface area contributed by atoms with Gasteiger partial charge >= 0.3 is 0 Å². The summed E-state index contributed by atoms with van der Waals surface area (Å²) in [7, 11) is -4.05. The van der Waals surface area contributed by atoms with E-state index in [1.54, 1.807) is 49.2 Å². The van der Waals surface area contributed by atoms with Crippen molar-refractivity contribution in [3.63, 3.8) is 0 Å². The summed E-state index contributed by atoms with van der Waals surface area (Å²) >= 11 is 0. The largest absolute Gasteiger partial charge is 0.445 e. The molecule has 0 saturated carbocycles. The Balaban J connectivity index is 1.44. The zero-order chi connectivity index (χ0) is 27.1. The van der Waals surface area contributed by atoms with Crippen LogP contribution in [0.4, 0.5) is 5.88 Å². The Labute approximate surface area is 225 Å². The van der Waals surface area contributed by atoms with Crippen molar-refractivity contribution in [3.05, 3.63) is 107 Å². The van der Waals surface area contributed by atoms with Crippen LogP contribution in [-0.4, -0.2) is 29.4 Å². The maximum atomic E-state index is 13.6. The molecule has 0 saturated heterocycles. The summed E-state index contributed by atoms with van der Waals surface area (Å²) < 4.78 is 40.4. The summed E-state index contributed by atoms with van der Waals surface area (Å²) in [6.07, 6.45) is 3.05. The summed E-state index contributed by atoms with van der Waals surface area (Å²) in [6.45, 7) is 4.20. The Morgan fingerprint density at radius 3 is 2.46 bits per heavy atom. The highest BCUT2D eigenvalue weighted by atomic mass is 32.2. The average Bonchev–Trinajstić information content (AvgIpc) is 3.66. The summed E-state index contributed by atoms with van der Waals surface area (Å²) in [4.78, 5) is 19.3. The Kier molecular flexibility index (Phi) is 6.03. The van der Waals surface area contributed by atoms with Gasteiger partial charge in [0.25, 0.3) is 15.9 Å². The molecule has 3 aromatic carbocycles. The number of rotatable bonds is 7. The quantitative estimate of drug-likeness (QED) is 0.287. The molecular weight excluding hydrogens is 516 g/mol. The van der Waals surface area contributed by atoms with E-state index in [0.717, 1.165) is 11.1 Å². The number of benzene rings is 3. The van der Waals surface area contributed by atoms with Crippen LogP contribution in [0.5, 0.6) is 0 Å². The highest BCUT2D eigenvalue weighted by molar-refractivity contribution is 7.92. The molecule has 0 atom stereocenters. The predicted octanol–water partition coefficient (Wildman–Crippen LogP) is 5.57. The van der Waals surface area contributed by atoms with Gasteiger partial charge in [0, 0.05) is 35.3 Å². The summed E-state index contributed by atoms with van der Waals surface area (Å²) in [6, 6.07) is 19.8. The zero-order valence-corrected chi connectivity index (χ0v) is 22.0. The molecular formula is C29H24N4O5S. The third-order valence-electron chi connectivity index (χ3n) is 6.89. The van der Waals surface area contributed by atoms with Crippen LogP contribution >= 0.6 is 0 Å². The fraction of sp³-hybridized carbons (Fsp3) is 0.138. The van der Waals surface area contributed by atoms with E-state index in [0.29, 0.717) is 45.9 Å². The second-order valence-electron chi connectivity index (χ2n) is 9.35. The molecule has 2 aromatic heterocycles. The van der Waals surface area contributed by atoms with Crippen molar-refractivity contribution in [2.24, 2.45) is 0 Å². The molecule has 0 unspecified atom stereocenters. The number of oxazole rings is 1. The minimum absolute atomic E-state index is 0.0691. The van der Waals surface area contributed by atoms with Crippen LogP contribution in [0.2, 0.25) is 0 Å². The van der Waals surface area contributed by atoms with Gasteiger partial charge < -0.3 is 13.8 Å². The fourth-order valence-corrected chi connectivity index (χ4v) is 6.01. The van der Waals surface area contributed by atoms with E-state index in [1.807, 2.05) is 42.5 Å². The van der Waals surface area contributed by atoms with Crippen LogP contribution < -0.4 is 4.72 Å².